The van der Waals surface area contributed by atoms with Crippen LogP contribution in [0.4, 0.5) is 0 Å². The molecule has 0 spiro atoms. The van der Waals surface area contributed by atoms with Crippen molar-refractivity contribution in [1.82, 2.24) is 4.90 Å². The number of rotatable bonds is 1. The van der Waals surface area contributed by atoms with Crippen molar-refractivity contribution in [1.29, 1.82) is 0 Å². The second-order valence-corrected chi connectivity index (χ2v) is 2.65. The van der Waals surface area contributed by atoms with Crippen LogP contribution in [0.3, 0.4) is 0 Å². The lowest BCUT2D eigenvalue weighted by atomic mass is 10.1. The van der Waals surface area contributed by atoms with Gasteiger partial charge < -0.3 is 4.90 Å². The van der Waals surface area contributed by atoms with Crippen LogP contribution >= 0.6 is 0 Å². The first-order chi connectivity index (χ1) is 4.75. The summed E-state index contributed by atoms with van der Waals surface area (Å²) in [6, 6.07) is 0. The van der Waals surface area contributed by atoms with Crippen molar-refractivity contribution in [2.24, 2.45) is 5.92 Å². The number of hydrogen-bond acceptors (Lipinski definition) is 1. The standard InChI is InChI=1S/C8H11NO/c1-3-5-9-6-4-7(2)8(9)10/h1,7H,4-6H2,2H3. The maximum absolute atomic E-state index is 11.1. The predicted octanol–water partition coefficient (Wildman–Crippen LogP) is 0.488. The Kier molecular flexibility index (Phi) is 1.96. The first-order valence-corrected chi connectivity index (χ1v) is 3.48. The van der Waals surface area contributed by atoms with E-state index in [9.17, 15) is 4.79 Å². The second-order valence-electron chi connectivity index (χ2n) is 2.65. The van der Waals surface area contributed by atoms with Gasteiger partial charge in [0.1, 0.15) is 0 Å². The van der Waals surface area contributed by atoms with Gasteiger partial charge in [0.2, 0.25) is 5.91 Å². The number of terminal acetylenes is 1. The Morgan fingerprint density at radius 3 is 3.00 bits per heavy atom. The zero-order chi connectivity index (χ0) is 7.56. The van der Waals surface area contributed by atoms with Gasteiger partial charge in [-0.3, -0.25) is 4.79 Å². The van der Waals surface area contributed by atoms with Crippen molar-refractivity contribution >= 4 is 5.91 Å². The third-order valence-electron chi connectivity index (χ3n) is 1.85. The summed E-state index contributed by atoms with van der Waals surface area (Å²) in [6.07, 6.45) is 6.03. The SMILES string of the molecule is C#CCN1CCC(C)C1=O. The van der Waals surface area contributed by atoms with E-state index in [0.29, 0.717) is 6.54 Å². The minimum atomic E-state index is 0.188. The highest BCUT2D eigenvalue weighted by Crippen LogP contribution is 2.15. The molecule has 0 saturated carbocycles. The van der Waals surface area contributed by atoms with Gasteiger partial charge >= 0.3 is 0 Å². The van der Waals surface area contributed by atoms with Gasteiger partial charge in [-0.2, -0.15) is 0 Å². The topological polar surface area (TPSA) is 20.3 Å². The van der Waals surface area contributed by atoms with Crippen LogP contribution < -0.4 is 0 Å². The maximum Gasteiger partial charge on any atom is 0.226 e. The molecule has 0 radical (unpaired) electrons. The fourth-order valence-electron chi connectivity index (χ4n) is 1.16. The summed E-state index contributed by atoms with van der Waals surface area (Å²) in [6.45, 7) is 3.26. The first kappa shape index (κ1) is 7.14. The lowest BCUT2D eigenvalue weighted by Gasteiger charge is -2.10. The summed E-state index contributed by atoms with van der Waals surface area (Å²) in [5.74, 6) is 2.86. The predicted molar refractivity (Wildman–Crippen MR) is 39.2 cm³/mol. The van der Waals surface area contributed by atoms with Gasteiger partial charge in [-0.05, 0) is 6.42 Å². The molecule has 0 aromatic carbocycles. The van der Waals surface area contributed by atoms with E-state index in [1.165, 1.54) is 0 Å². The molecule has 0 aliphatic carbocycles. The third-order valence-corrected chi connectivity index (χ3v) is 1.85. The Labute approximate surface area is 61.2 Å². The second kappa shape index (κ2) is 2.74. The van der Waals surface area contributed by atoms with Crippen molar-refractivity contribution in [2.75, 3.05) is 13.1 Å². The van der Waals surface area contributed by atoms with Crippen LogP contribution in [0, 0.1) is 18.3 Å². The van der Waals surface area contributed by atoms with E-state index in [2.05, 4.69) is 5.92 Å². The Hall–Kier alpha value is -0.970. The van der Waals surface area contributed by atoms with E-state index in [1.54, 1.807) is 4.90 Å². The Balaban J connectivity index is 2.51. The molecule has 1 unspecified atom stereocenters. The normalized spacial score (nSPS) is 25.0. The van der Waals surface area contributed by atoms with E-state index in [1.807, 2.05) is 6.92 Å². The molecule has 2 nitrogen and oxygen atoms in total. The molecule has 1 fully saturated rings. The number of amides is 1. The minimum absolute atomic E-state index is 0.188. The smallest absolute Gasteiger partial charge is 0.226 e. The molecule has 1 amide bonds. The Morgan fingerprint density at radius 2 is 2.60 bits per heavy atom. The molecule has 10 heavy (non-hydrogen) atoms. The third kappa shape index (κ3) is 1.13. The molecule has 1 saturated heterocycles. The van der Waals surface area contributed by atoms with Gasteiger partial charge in [-0.15, -0.1) is 6.42 Å². The van der Waals surface area contributed by atoms with Crippen molar-refractivity contribution in [3.8, 4) is 12.3 Å². The van der Waals surface area contributed by atoms with Gasteiger partial charge in [-0.1, -0.05) is 12.8 Å². The molecule has 0 aromatic heterocycles. The van der Waals surface area contributed by atoms with Gasteiger partial charge in [0.25, 0.3) is 0 Å². The van der Waals surface area contributed by atoms with Crippen LogP contribution in [0.5, 0.6) is 0 Å². The molecular formula is C8H11NO. The van der Waals surface area contributed by atoms with Crippen LogP contribution in [0.1, 0.15) is 13.3 Å². The molecule has 1 aliphatic rings. The quantitative estimate of drug-likeness (QED) is 0.481. The van der Waals surface area contributed by atoms with Crippen molar-refractivity contribution in [3.63, 3.8) is 0 Å². The van der Waals surface area contributed by atoms with Crippen LogP contribution in [0.25, 0.3) is 0 Å². The highest BCUT2D eigenvalue weighted by molar-refractivity contribution is 5.80. The van der Waals surface area contributed by atoms with E-state index >= 15 is 0 Å². The number of likely N-dealkylation sites (tertiary alicyclic amines) is 1. The fourth-order valence-corrected chi connectivity index (χ4v) is 1.16. The summed E-state index contributed by atoms with van der Waals surface area (Å²) in [5, 5.41) is 0. The van der Waals surface area contributed by atoms with E-state index in [4.69, 9.17) is 6.42 Å². The molecule has 0 aromatic rings. The number of carbonyl (C=O) groups excluding carboxylic acids is 1. The van der Waals surface area contributed by atoms with Gasteiger partial charge in [0.05, 0.1) is 6.54 Å². The Morgan fingerprint density at radius 1 is 1.90 bits per heavy atom. The summed E-state index contributed by atoms with van der Waals surface area (Å²) >= 11 is 0. The van der Waals surface area contributed by atoms with Gasteiger partial charge in [0.15, 0.2) is 0 Å². The van der Waals surface area contributed by atoms with Gasteiger partial charge in [0, 0.05) is 12.5 Å². The fraction of sp³-hybridized carbons (Fsp3) is 0.625. The van der Waals surface area contributed by atoms with Crippen molar-refractivity contribution in [3.05, 3.63) is 0 Å². The Bertz CT molecular complexity index is 180. The zero-order valence-electron chi connectivity index (χ0n) is 6.13. The average molecular weight is 137 g/mol. The minimum Gasteiger partial charge on any atom is -0.331 e. The van der Waals surface area contributed by atoms with E-state index in [-0.39, 0.29) is 11.8 Å². The molecule has 1 rings (SSSR count). The largest absolute Gasteiger partial charge is 0.331 e. The number of nitrogens with zero attached hydrogens (tertiary/aromatic N) is 1. The summed E-state index contributed by atoms with van der Waals surface area (Å²) in [5.41, 5.74) is 0. The van der Waals surface area contributed by atoms with E-state index in [0.717, 1.165) is 13.0 Å². The maximum atomic E-state index is 11.1. The number of hydrogen-bond donors (Lipinski definition) is 0. The lowest BCUT2D eigenvalue weighted by Crippen LogP contribution is -2.26. The average Bonchev–Trinajstić information content (AvgIpc) is 2.20. The summed E-state index contributed by atoms with van der Waals surface area (Å²) in [7, 11) is 0. The molecular weight excluding hydrogens is 126 g/mol. The molecule has 0 N–H and O–H groups in total. The molecule has 2 heteroatoms. The van der Waals surface area contributed by atoms with Crippen LogP contribution in [0.2, 0.25) is 0 Å². The monoisotopic (exact) mass is 137 g/mol. The molecule has 1 aliphatic heterocycles. The summed E-state index contributed by atoms with van der Waals surface area (Å²) in [4.78, 5) is 12.9. The highest BCUT2D eigenvalue weighted by Gasteiger charge is 2.26. The van der Waals surface area contributed by atoms with Crippen LogP contribution in [-0.2, 0) is 4.79 Å². The lowest BCUT2D eigenvalue weighted by molar-refractivity contribution is -0.129. The highest BCUT2D eigenvalue weighted by atomic mass is 16.2. The molecule has 0 bridgehead atoms. The van der Waals surface area contributed by atoms with E-state index < -0.39 is 0 Å². The van der Waals surface area contributed by atoms with Crippen LogP contribution in [0.15, 0.2) is 0 Å². The van der Waals surface area contributed by atoms with Crippen LogP contribution in [-0.4, -0.2) is 23.9 Å². The summed E-state index contributed by atoms with van der Waals surface area (Å²) < 4.78 is 0. The molecule has 54 valence electrons. The molecule has 1 atom stereocenters. The first-order valence-electron chi connectivity index (χ1n) is 3.48. The van der Waals surface area contributed by atoms with Crippen molar-refractivity contribution in [2.45, 2.75) is 13.3 Å². The zero-order valence-corrected chi connectivity index (χ0v) is 6.13. The van der Waals surface area contributed by atoms with Crippen molar-refractivity contribution < 1.29 is 4.79 Å². The van der Waals surface area contributed by atoms with Gasteiger partial charge in [-0.25, -0.2) is 0 Å². The molecule has 1 heterocycles. The number of carbonyl (C=O) groups is 1.